The highest BCUT2D eigenvalue weighted by Crippen LogP contribution is 2.59. The predicted molar refractivity (Wildman–Crippen MR) is 209 cm³/mol. The predicted octanol–water partition coefficient (Wildman–Crippen LogP) is 10.2. The van der Waals surface area contributed by atoms with Gasteiger partial charge in [0.25, 0.3) is 0 Å². The van der Waals surface area contributed by atoms with Crippen LogP contribution in [0.5, 0.6) is 5.75 Å². The van der Waals surface area contributed by atoms with E-state index in [1.165, 1.54) is 29.2 Å². The van der Waals surface area contributed by atoms with Crippen LogP contribution in [0.2, 0.25) is 0 Å². The number of hydrogen-bond donors (Lipinski definition) is 2. The van der Waals surface area contributed by atoms with Gasteiger partial charge in [-0.3, -0.25) is 4.79 Å². The number of ether oxygens (including phenoxy) is 2. The van der Waals surface area contributed by atoms with Gasteiger partial charge in [0.05, 0.1) is 24.9 Å². The minimum absolute atomic E-state index is 0.0236. The molecule has 0 radical (unpaired) electrons. The van der Waals surface area contributed by atoms with Gasteiger partial charge >= 0.3 is 12.5 Å². The lowest BCUT2D eigenvalue weighted by Gasteiger charge is -2.46. The van der Waals surface area contributed by atoms with Crippen LogP contribution in [0.4, 0.5) is 18.0 Å². The van der Waals surface area contributed by atoms with E-state index in [4.69, 9.17) is 4.74 Å². The van der Waals surface area contributed by atoms with Crippen molar-refractivity contribution in [3.63, 3.8) is 0 Å². The van der Waals surface area contributed by atoms with Crippen LogP contribution < -0.4 is 4.74 Å². The van der Waals surface area contributed by atoms with Crippen LogP contribution in [0.25, 0.3) is 11.1 Å². The lowest BCUT2D eigenvalue weighted by Crippen LogP contribution is -2.53. The van der Waals surface area contributed by atoms with Gasteiger partial charge in [-0.25, -0.2) is 4.79 Å². The molecule has 3 aliphatic carbocycles. The summed E-state index contributed by atoms with van der Waals surface area (Å²) in [6, 6.07) is 28.5. The van der Waals surface area contributed by atoms with Crippen LogP contribution in [0, 0.1) is 5.41 Å². The molecular formula is C46H50F3NO6. The number of aliphatic hydroxyl groups is 2. The minimum Gasteiger partial charge on any atom is -0.450 e. The SMILES string of the molecule is CCOC(=O)N(Cc1ccc(OC(F)(F)F)cc1)C[C@]1(O)CC[C@H]2c3ccc(cc3C(=O)c3ccccc3-c3ccccc3)C[C@@H](O)CCC(C)=CCC[C@@]21C. The maximum atomic E-state index is 14.9. The second-order valence-corrected chi connectivity index (χ2v) is 15.4. The molecule has 0 heterocycles. The zero-order chi connectivity index (χ0) is 40.1. The van der Waals surface area contributed by atoms with Crippen molar-refractivity contribution < 1.29 is 42.4 Å². The number of carbonyl (C=O) groups is 2. The number of allylic oxidation sites excluding steroid dienone is 2. The van der Waals surface area contributed by atoms with Crippen LogP contribution in [0.3, 0.4) is 0 Å². The van der Waals surface area contributed by atoms with Gasteiger partial charge in [0.1, 0.15) is 5.75 Å². The highest BCUT2D eigenvalue weighted by Gasteiger charge is 2.58. The molecule has 3 aliphatic rings. The molecule has 7 rings (SSSR count). The van der Waals surface area contributed by atoms with Crippen molar-refractivity contribution >= 4 is 11.9 Å². The van der Waals surface area contributed by atoms with Gasteiger partial charge in [-0.1, -0.05) is 97.4 Å². The largest absolute Gasteiger partial charge is 0.573 e. The third-order valence-electron chi connectivity index (χ3n) is 11.7. The number of alkyl halides is 3. The van der Waals surface area contributed by atoms with E-state index in [0.29, 0.717) is 61.6 Å². The van der Waals surface area contributed by atoms with E-state index < -0.39 is 29.6 Å². The van der Waals surface area contributed by atoms with Gasteiger partial charge in [0, 0.05) is 23.1 Å². The number of rotatable bonds is 9. The molecule has 7 nitrogen and oxygen atoms in total. The van der Waals surface area contributed by atoms with Gasteiger partial charge in [-0.15, -0.1) is 13.2 Å². The topological polar surface area (TPSA) is 96.3 Å². The monoisotopic (exact) mass is 769 g/mol. The van der Waals surface area contributed by atoms with Crippen molar-refractivity contribution in [3.8, 4) is 16.9 Å². The summed E-state index contributed by atoms with van der Waals surface area (Å²) in [5.74, 6) is -0.828. The van der Waals surface area contributed by atoms with E-state index in [-0.39, 0.29) is 37.1 Å². The average Bonchev–Trinajstić information content (AvgIpc) is 3.42. The first-order valence-electron chi connectivity index (χ1n) is 19.3. The number of amides is 1. The number of aliphatic hydroxyl groups excluding tert-OH is 1. The highest BCUT2D eigenvalue weighted by atomic mass is 19.4. The van der Waals surface area contributed by atoms with Crippen molar-refractivity contribution in [1.82, 2.24) is 4.90 Å². The first-order chi connectivity index (χ1) is 26.7. The fourth-order valence-electron chi connectivity index (χ4n) is 8.62. The molecule has 4 aromatic rings. The third-order valence-corrected chi connectivity index (χ3v) is 11.7. The molecule has 0 aliphatic heterocycles. The van der Waals surface area contributed by atoms with Gasteiger partial charge < -0.3 is 24.6 Å². The summed E-state index contributed by atoms with van der Waals surface area (Å²) in [5, 5.41) is 24.0. The molecule has 1 fully saturated rings. The normalized spacial score (nSPS) is 22.8. The van der Waals surface area contributed by atoms with E-state index in [9.17, 15) is 33.0 Å². The average molecular weight is 770 g/mol. The van der Waals surface area contributed by atoms with Crippen molar-refractivity contribution in [3.05, 3.63) is 137 Å². The lowest BCUT2D eigenvalue weighted by atomic mass is 9.64. The quantitative estimate of drug-likeness (QED) is 0.130. The summed E-state index contributed by atoms with van der Waals surface area (Å²) in [6.45, 7) is 5.73. The number of hydrogen-bond acceptors (Lipinski definition) is 6. The Balaban J connectivity index is 1.42. The fraction of sp³-hybridized carbons (Fsp3) is 0.391. The Morgan fingerprint density at radius 3 is 2.34 bits per heavy atom. The standard InChI is InChI=1S/C46H50F3NO6/c1-4-55-43(53)50(29-32-17-21-36(22-18-32)56-46(47,48)49)30-45(54)26-24-41-38-23-19-33(27-35(51)20-16-31(2)11-10-25-44(41,45)3)28-40(38)42(52)39-15-9-8-14-37(39)34-12-6-5-7-13-34/h5-9,11-15,17-19,21-23,28,35,41,51,54H,4,10,16,20,24-27,29-30H2,1-3H3/t35-,41-,44-,45+/m0/s1. The second kappa shape index (κ2) is 17.1. The van der Waals surface area contributed by atoms with E-state index in [1.807, 2.05) is 86.6 Å². The Labute approximate surface area is 326 Å². The van der Waals surface area contributed by atoms with Crippen LogP contribution in [0.15, 0.2) is 109 Å². The number of ketones is 1. The van der Waals surface area contributed by atoms with Crippen LogP contribution >= 0.6 is 0 Å². The highest BCUT2D eigenvalue weighted by molar-refractivity contribution is 6.13. The minimum atomic E-state index is -4.84. The third kappa shape index (κ3) is 9.19. The maximum Gasteiger partial charge on any atom is 0.573 e. The van der Waals surface area contributed by atoms with Crippen molar-refractivity contribution in [2.75, 3.05) is 13.2 Å². The zero-order valence-corrected chi connectivity index (χ0v) is 32.1. The smallest absolute Gasteiger partial charge is 0.450 e. The molecule has 2 N–H and O–H groups in total. The van der Waals surface area contributed by atoms with Gasteiger partial charge in [0.2, 0.25) is 0 Å². The molecule has 0 spiro atoms. The Kier molecular flexibility index (Phi) is 12.4. The first kappa shape index (κ1) is 40.7. The van der Waals surface area contributed by atoms with Crippen LogP contribution in [0.1, 0.15) is 97.8 Å². The van der Waals surface area contributed by atoms with E-state index in [2.05, 4.69) is 10.8 Å². The van der Waals surface area contributed by atoms with E-state index in [0.717, 1.165) is 27.8 Å². The van der Waals surface area contributed by atoms with E-state index >= 15 is 0 Å². The van der Waals surface area contributed by atoms with Gasteiger partial charge in [-0.05, 0) is 111 Å². The van der Waals surface area contributed by atoms with E-state index in [1.54, 1.807) is 6.92 Å². The molecule has 0 unspecified atom stereocenters. The first-order valence-corrected chi connectivity index (χ1v) is 19.3. The molecule has 0 aromatic heterocycles. The molecule has 1 saturated carbocycles. The second-order valence-electron chi connectivity index (χ2n) is 15.4. The summed E-state index contributed by atoms with van der Waals surface area (Å²) in [6.07, 6.45) is -0.290. The van der Waals surface area contributed by atoms with Crippen molar-refractivity contribution in [2.24, 2.45) is 5.41 Å². The molecule has 56 heavy (non-hydrogen) atoms. The molecule has 1 amide bonds. The maximum absolute atomic E-state index is 14.9. The molecule has 0 saturated heterocycles. The lowest BCUT2D eigenvalue weighted by molar-refractivity contribution is -0.274. The molecule has 296 valence electrons. The molecule has 4 atom stereocenters. The Morgan fingerprint density at radius 2 is 1.62 bits per heavy atom. The van der Waals surface area contributed by atoms with Crippen LogP contribution in [-0.2, 0) is 17.7 Å². The number of fused-ring (bicyclic) bond motifs is 8. The number of nitrogens with zero attached hydrogens (tertiary/aromatic N) is 1. The fourth-order valence-corrected chi connectivity index (χ4v) is 8.62. The summed E-state index contributed by atoms with van der Waals surface area (Å²) < 4.78 is 48.0. The number of carbonyl (C=O) groups excluding carboxylic acids is 2. The van der Waals surface area contributed by atoms with Crippen molar-refractivity contribution in [2.45, 2.75) is 96.2 Å². The van der Waals surface area contributed by atoms with Gasteiger partial charge in [-0.2, -0.15) is 0 Å². The molecule has 10 heteroatoms. The number of benzene rings is 4. The summed E-state index contributed by atoms with van der Waals surface area (Å²) in [4.78, 5) is 29.9. The zero-order valence-electron chi connectivity index (χ0n) is 32.1. The molecule has 4 aromatic carbocycles. The number of halogens is 3. The Bertz CT molecular complexity index is 2030. The van der Waals surface area contributed by atoms with Crippen molar-refractivity contribution in [1.29, 1.82) is 0 Å². The Hall–Kier alpha value is -4.93. The molecule has 2 bridgehead atoms. The van der Waals surface area contributed by atoms with Gasteiger partial charge in [0.15, 0.2) is 5.78 Å². The Morgan fingerprint density at radius 1 is 0.911 bits per heavy atom. The summed E-state index contributed by atoms with van der Waals surface area (Å²) >= 11 is 0. The summed E-state index contributed by atoms with van der Waals surface area (Å²) in [7, 11) is 0. The summed E-state index contributed by atoms with van der Waals surface area (Å²) in [5.41, 5.74) is 3.80. The molecular weight excluding hydrogens is 720 g/mol. The van der Waals surface area contributed by atoms with Crippen LogP contribution in [-0.4, -0.2) is 58.2 Å².